The number of fused-ring (bicyclic) bond motifs is 8. The molecule has 1 aliphatic carbocycles. The van der Waals surface area contributed by atoms with Gasteiger partial charge < -0.3 is 9.72 Å². The lowest BCUT2D eigenvalue weighted by atomic mass is 9.64. The van der Waals surface area contributed by atoms with Crippen LogP contribution in [0.5, 0.6) is 5.75 Å². The van der Waals surface area contributed by atoms with Crippen LogP contribution in [0.4, 0.5) is 0 Å². The number of rotatable bonds is 1. The fourth-order valence-corrected chi connectivity index (χ4v) is 5.24. The van der Waals surface area contributed by atoms with Crippen LogP contribution >= 0.6 is 0 Å². The molecule has 2 bridgehead atoms. The Morgan fingerprint density at radius 3 is 2.79 bits per heavy atom. The van der Waals surface area contributed by atoms with E-state index in [-0.39, 0.29) is 5.60 Å². The molecule has 2 nitrogen and oxygen atoms in total. The van der Waals surface area contributed by atoms with Crippen LogP contribution in [0.3, 0.4) is 0 Å². The first kappa shape index (κ1) is 14.4. The number of nitrogens with one attached hydrogen (secondary N) is 1. The molecule has 2 heteroatoms. The molecule has 1 N–H and O–H groups in total. The maximum absolute atomic E-state index is 6.50. The summed E-state index contributed by atoms with van der Waals surface area (Å²) in [6.45, 7) is 7.07. The average Bonchev–Trinajstić information content (AvgIpc) is 2.92. The molecule has 5 rings (SSSR count). The fourth-order valence-electron chi connectivity index (χ4n) is 5.24. The number of hydrogen-bond acceptors (Lipinski definition) is 1. The number of aromatic nitrogens is 1. The molecular weight excluding hydrogens is 294 g/mol. The largest absolute Gasteiger partial charge is 0.487 e. The van der Waals surface area contributed by atoms with Gasteiger partial charge in [0.25, 0.3) is 0 Å². The molecule has 1 aromatic heterocycles. The quantitative estimate of drug-likeness (QED) is 0.583. The normalized spacial score (nSPS) is 29.0. The Morgan fingerprint density at radius 1 is 1.12 bits per heavy atom. The molecule has 3 aromatic rings. The summed E-state index contributed by atoms with van der Waals surface area (Å²) in [6.07, 6.45) is 3.60. The Labute approximate surface area is 143 Å². The molecule has 0 amide bonds. The minimum Gasteiger partial charge on any atom is -0.487 e. The summed E-state index contributed by atoms with van der Waals surface area (Å²) in [5, 5.41) is 2.66. The zero-order valence-corrected chi connectivity index (χ0v) is 14.7. The van der Waals surface area contributed by atoms with Gasteiger partial charge in [-0.2, -0.15) is 0 Å². The first-order valence-corrected chi connectivity index (χ1v) is 9.28. The zero-order chi connectivity index (χ0) is 16.5. The summed E-state index contributed by atoms with van der Waals surface area (Å²) < 4.78 is 6.50. The van der Waals surface area contributed by atoms with E-state index in [9.17, 15) is 0 Å². The average molecular weight is 319 g/mol. The third-order valence-corrected chi connectivity index (χ3v) is 6.44. The molecule has 1 saturated carbocycles. The molecule has 1 fully saturated rings. The third-order valence-electron chi connectivity index (χ3n) is 6.44. The second-order valence-electron chi connectivity index (χ2n) is 8.38. The molecule has 2 aromatic carbocycles. The molecule has 0 saturated heterocycles. The minimum atomic E-state index is 0.0166. The van der Waals surface area contributed by atoms with Crippen LogP contribution in [-0.2, 0) is 0 Å². The Hall–Kier alpha value is -1.96. The lowest BCUT2D eigenvalue weighted by Gasteiger charge is -2.49. The predicted molar refractivity (Wildman–Crippen MR) is 99.8 cm³/mol. The second-order valence-corrected chi connectivity index (χ2v) is 8.38. The van der Waals surface area contributed by atoms with E-state index < -0.39 is 0 Å². The van der Waals surface area contributed by atoms with Crippen molar-refractivity contribution in [1.82, 2.24) is 4.98 Å². The van der Waals surface area contributed by atoms with E-state index in [1.54, 1.807) is 0 Å². The van der Waals surface area contributed by atoms with Gasteiger partial charge in [-0.3, -0.25) is 0 Å². The summed E-state index contributed by atoms with van der Waals surface area (Å²) >= 11 is 0. The molecule has 0 unspecified atom stereocenters. The summed E-state index contributed by atoms with van der Waals surface area (Å²) in [5.41, 5.74) is 3.97. The van der Waals surface area contributed by atoms with Crippen molar-refractivity contribution in [2.45, 2.75) is 51.6 Å². The van der Waals surface area contributed by atoms with Crippen molar-refractivity contribution in [3.05, 3.63) is 42.0 Å². The third kappa shape index (κ3) is 1.89. The van der Waals surface area contributed by atoms with E-state index in [0.717, 1.165) is 18.1 Å². The summed E-state index contributed by atoms with van der Waals surface area (Å²) in [4.78, 5) is 3.70. The first-order valence-electron chi connectivity index (χ1n) is 9.28. The van der Waals surface area contributed by atoms with Gasteiger partial charge in [-0.05, 0) is 62.1 Å². The fraction of sp³-hybridized carbons (Fsp3) is 0.455. The van der Waals surface area contributed by atoms with Crippen molar-refractivity contribution in [3.63, 3.8) is 0 Å². The van der Waals surface area contributed by atoms with Crippen molar-refractivity contribution in [2.24, 2.45) is 11.8 Å². The molecule has 124 valence electrons. The highest BCUT2D eigenvalue weighted by Gasteiger charge is 2.46. The van der Waals surface area contributed by atoms with Crippen molar-refractivity contribution in [1.29, 1.82) is 0 Å². The molecule has 0 radical (unpaired) electrons. The van der Waals surface area contributed by atoms with Gasteiger partial charge in [-0.25, -0.2) is 0 Å². The van der Waals surface area contributed by atoms with Crippen LogP contribution in [0, 0.1) is 11.8 Å². The number of para-hydroxylation sites is 1. The molecule has 3 atom stereocenters. The smallest absolute Gasteiger partial charge is 0.125 e. The van der Waals surface area contributed by atoms with Crippen molar-refractivity contribution in [2.75, 3.05) is 0 Å². The predicted octanol–water partition coefficient (Wildman–Crippen LogP) is 6.01. The number of hydrogen-bond donors (Lipinski definition) is 1. The molecule has 2 aliphatic rings. The van der Waals surface area contributed by atoms with Gasteiger partial charge in [-0.15, -0.1) is 0 Å². The number of H-pyrrole nitrogens is 1. The SMILES string of the molecule is CC(C)[C@@H]1CC[C@@]2(C)C[C@@H]1c1c(ccc3c1[nH]c1ccccc13)O2. The second kappa shape index (κ2) is 4.78. The van der Waals surface area contributed by atoms with Crippen molar-refractivity contribution in [3.8, 4) is 5.75 Å². The van der Waals surface area contributed by atoms with Gasteiger partial charge in [0.2, 0.25) is 0 Å². The molecule has 0 spiro atoms. The maximum atomic E-state index is 6.50. The standard InChI is InChI=1S/C22H25NO/c1-13(2)14-10-11-22(3)12-17(14)20-19(24-22)9-8-16-15-6-4-5-7-18(15)23-21(16)20/h4-9,13-14,17,23H,10-12H2,1-3H3/t14-,17-,22-/m0/s1. The van der Waals surface area contributed by atoms with Gasteiger partial charge in [-0.1, -0.05) is 32.0 Å². The summed E-state index contributed by atoms with van der Waals surface area (Å²) in [6, 6.07) is 13.1. The number of benzene rings is 2. The van der Waals surface area contributed by atoms with Crippen LogP contribution in [-0.4, -0.2) is 10.6 Å². The molecule has 1 aliphatic heterocycles. The van der Waals surface area contributed by atoms with Crippen molar-refractivity contribution >= 4 is 21.8 Å². The van der Waals surface area contributed by atoms with Crippen LogP contribution in [0.15, 0.2) is 36.4 Å². The highest BCUT2D eigenvalue weighted by atomic mass is 16.5. The Kier molecular flexibility index (Phi) is 2.87. The molecule has 24 heavy (non-hydrogen) atoms. The monoisotopic (exact) mass is 319 g/mol. The topological polar surface area (TPSA) is 25.0 Å². The van der Waals surface area contributed by atoms with Gasteiger partial charge >= 0.3 is 0 Å². The van der Waals surface area contributed by atoms with E-state index in [4.69, 9.17) is 4.74 Å². The summed E-state index contributed by atoms with van der Waals surface area (Å²) in [7, 11) is 0. The van der Waals surface area contributed by atoms with Gasteiger partial charge in [0, 0.05) is 21.9 Å². The maximum Gasteiger partial charge on any atom is 0.125 e. The zero-order valence-electron chi connectivity index (χ0n) is 14.7. The molecule has 2 heterocycles. The first-order chi connectivity index (χ1) is 11.6. The van der Waals surface area contributed by atoms with Gasteiger partial charge in [0.1, 0.15) is 11.4 Å². The summed E-state index contributed by atoms with van der Waals surface area (Å²) in [5.74, 6) is 3.17. The van der Waals surface area contributed by atoms with Crippen LogP contribution in [0.1, 0.15) is 51.5 Å². The number of aromatic amines is 1. The van der Waals surface area contributed by atoms with Crippen molar-refractivity contribution < 1.29 is 4.74 Å². The highest BCUT2D eigenvalue weighted by molar-refractivity contribution is 6.09. The minimum absolute atomic E-state index is 0.0166. The van der Waals surface area contributed by atoms with Gasteiger partial charge in [0.15, 0.2) is 0 Å². The van der Waals surface area contributed by atoms with E-state index in [1.165, 1.54) is 40.2 Å². The van der Waals surface area contributed by atoms with E-state index in [0.29, 0.717) is 11.8 Å². The number of ether oxygens (including phenoxy) is 1. The Bertz CT molecular complexity index is 938. The lowest BCUT2D eigenvalue weighted by Crippen LogP contribution is -2.45. The Morgan fingerprint density at radius 2 is 1.96 bits per heavy atom. The van der Waals surface area contributed by atoms with Crippen LogP contribution in [0.25, 0.3) is 21.8 Å². The van der Waals surface area contributed by atoms with Crippen LogP contribution in [0.2, 0.25) is 0 Å². The van der Waals surface area contributed by atoms with E-state index in [2.05, 4.69) is 62.2 Å². The molecular formula is C22H25NO. The van der Waals surface area contributed by atoms with Crippen LogP contribution < -0.4 is 4.74 Å². The van der Waals surface area contributed by atoms with Gasteiger partial charge in [0.05, 0.1) is 5.52 Å². The highest BCUT2D eigenvalue weighted by Crippen LogP contribution is 2.55. The lowest BCUT2D eigenvalue weighted by molar-refractivity contribution is -0.00698. The Balaban J connectivity index is 1.81. The van der Waals surface area contributed by atoms with E-state index >= 15 is 0 Å². The van der Waals surface area contributed by atoms with E-state index in [1.807, 2.05) is 0 Å².